The van der Waals surface area contributed by atoms with Crippen LogP contribution in [0.1, 0.15) is 76.3 Å². The van der Waals surface area contributed by atoms with Crippen LogP contribution in [0.25, 0.3) is 11.1 Å². The lowest BCUT2D eigenvalue weighted by Gasteiger charge is -2.17. The van der Waals surface area contributed by atoms with E-state index in [0.29, 0.717) is 0 Å². The van der Waals surface area contributed by atoms with Gasteiger partial charge in [0.2, 0.25) is 0 Å². The largest absolute Gasteiger partial charge is 0.490 e. The molecule has 1 aliphatic rings. The van der Waals surface area contributed by atoms with E-state index in [-0.39, 0.29) is 0 Å². The van der Waals surface area contributed by atoms with Crippen LogP contribution in [0, 0.1) is 0 Å². The van der Waals surface area contributed by atoms with Crippen molar-refractivity contribution in [1.29, 1.82) is 0 Å². The summed E-state index contributed by atoms with van der Waals surface area (Å²) in [7, 11) is 0. The van der Waals surface area contributed by atoms with E-state index < -0.39 is 0 Å². The van der Waals surface area contributed by atoms with Crippen LogP contribution in [0.15, 0.2) is 36.4 Å². The molecule has 0 amide bonds. The molecule has 3 rings (SSSR count). The van der Waals surface area contributed by atoms with Gasteiger partial charge in [0, 0.05) is 12.0 Å². The van der Waals surface area contributed by atoms with Gasteiger partial charge in [-0.3, -0.25) is 0 Å². The molecule has 0 saturated heterocycles. The average molecular weight is 367 g/mol. The third-order valence-electron chi connectivity index (χ3n) is 5.40. The molecule has 0 bridgehead atoms. The molecule has 0 N–H and O–H groups in total. The molecule has 0 saturated carbocycles. The van der Waals surface area contributed by atoms with Crippen molar-refractivity contribution in [1.82, 2.24) is 0 Å². The fourth-order valence-corrected chi connectivity index (χ4v) is 3.85. The van der Waals surface area contributed by atoms with Crippen LogP contribution in [0.2, 0.25) is 0 Å². The van der Waals surface area contributed by atoms with Gasteiger partial charge in [0.15, 0.2) is 11.5 Å². The smallest absolute Gasteiger partial charge is 0.165 e. The zero-order valence-electron chi connectivity index (χ0n) is 17.1. The molecule has 0 aromatic heterocycles. The summed E-state index contributed by atoms with van der Waals surface area (Å²) in [6.45, 7) is 6.03. The van der Waals surface area contributed by atoms with Crippen LogP contribution in [0.3, 0.4) is 0 Å². The van der Waals surface area contributed by atoms with E-state index in [4.69, 9.17) is 9.47 Å². The van der Waals surface area contributed by atoms with Crippen molar-refractivity contribution < 1.29 is 9.47 Å². The molecule has 0 aliphatic heterocycles. The van der Waals surface area contributed by atoms with Gasteiger partial charge in [-0.05, 0) is 35.6 Å². The maximum Gasteiger partial charge on any atom is 0.165 e. The van der Waals surface area contributed by atoms with Gasteiger partial charge in [-0.15, -0.1) is 0 Å². The quantitative estimate of drug-likeness (QED) is 0.316. The first-order valence-electron chi connectivity index (χ1n) is 10.8. The van der Waals surface area contributed by atoms with Crippen LogP contribution in [-0.4, -0.2) is 13.2 Å². The fourth-order valence-electron chi connectivity index (χ4n) is 3.85. The van der Waals surface area contributed by atoms with E-state index in [1.54, 1.807) is 0 Å². The molecule has 2 aromatic rings. The second-order valence-corrected chi connectivity index (χ2v) is 7.57. The summed E-state index contributed by atoms with van der Waals surface area (Å²) in [6.07, 6.45) is 10.7. The van der Waals surface area contributed by atoms with Crippen LogP contribution >= 0.6 is 0 Å². The molecule has 0 radical (unpaired) electrons. The van der Waals surface area contributed by atoms with E-state index in [1.807, 2.05) is 0 Å². The Kier molecular flexibility index (Phi) is 7.62. The standard InChI is InChI=1S/C25H34O2/c1-3-5-7-11-17-26-24-16-15-22-21-14-10-9-13-20(21)19-23(22)25(24)27-18-12-8-6-4-2/h9-10,13-16H,3-8,11-12,17-19H2,1-2H3. The molecule has 2 aromatic carbocycles. The summed E-state index contributed by atoms with van der Waals surface area (Å²) in [5.74, 6) is 1.91. The number of ether oxygens (including phenoxy) is 2. The summed E-state index contributed by atoms with van der Waals surface area (Å²) in [5, 5.41) is 0. The Morgan fingerprint density at radius 3 is 2.15 bits per heavy atom. The summed E-state index contributed by atoms with van der Waals surface area (Å²) in [6, 6.07) is 13.0. The van der Waals surface area contributed by atoms with Crippen molar-refractivity contribution in [3.05, 3.63) is 47.5 Å². The van der Waals surface area contributed by atoms with Gasteiger partial charge in [0.1, 0.15) is 0 Å². The minimum atomic E-state index is 0.776. The highest BCUT2D eigenvalue weighted by atomic mass is 16.5. The number of unbranched alkanes of at least 4 members (excludes halogenated alkanes) is 6. The molecule has 1 aliphatic carbocycles. The zero-order chi connectivity index (χ0) is 18.9. The van der Waals surface area contributed by atoms with Gasteiger partial charge >= 0.3 is 0 Å². The summed E-state index contributed by atoms with van der Waals surface area (Å²) in [4.78, 5) is 0. The summed E-state index contributed by atoms with van der Waals surface area (Å²) >= 11 is 0. The monoisotopic (exact) mass is 366 g/mol. The van der Waals surface area contributed by atoms with Crippen molar-refractivity contribution in [2.75, 3.05) is 13.2 Å². The number of benzene rings is 2. The van der Waals surface area contributed by atoms with Gasteiger partial charge in [-0.2, -0.15) is 0 Å². The third-order valence-corrected chi connectivity index (χ3v) is 5.40. The predicted molar refractivity (Wildman–Crippen MR) is 114 cm³/mol. The average Bonchev–Trinajstić information content (AvgIpc) is 3.07. The van der Waals surface area contributed by atoms with Gasteiger partial charge in [0.05, 0.1) is 13.2 Å². The van der Waals surface area contributed by atoms with Crippen LogP contribution < -0.4 is 9.47 Å². The van der Waals surface area contributed by atoms with Crippen molar-refractivity contribution in [3.63, 3.8) is 0 Å². The lowest BCUT2D eigenvalue weighted by Crippen LogP contribution is -2.05. The van der Waals surface area contributed by atoms with Crippen LogP contribution in [0.4, 0.5) is 0 Å². The normalized spacial score (nSPS) is 11.9. The molecule has 0 unspecified atom stereocenters. The van der Waals surface area contributed by atoms with Crippen molar-refractivity contribution in [2.24, 2.45) is 0 Å². The second kappa shape index (κ2) is 10.4. The maximum absolute atomic E-state index is 6.31. The summed E-state index contributed by atoms with van der Waals surface area (Å²) in [5.41, 5.74) is 5.35. The molecule has 0 fully saturated rings. The number of hydrogen-bond acceptors (Lipinski definition) is 2. The lowest BCUT2D eigenvalue weighted by molar-refractivity contribution is 0.257. The molecule has 2 nitrogen and oxygen atoms in total. The number of hydrogen-bond donors (Lipinski definition) is 0. The van der Waals surface area contributed by atoms with Gasteiger partial charge in [0.25, 0.3) is 0 Å². The molecular weight excluding hydrogens is 332 g/mol. The first-order valence-corrected chi connectivity index (χ1v) is 10.8. The van der Waals surface area contributed by atoms with E-state index in [1.165, 1.54) is 60.8 Å². The fraction of sp³-hybridized carbons (Fsp3) is 0.520. The molecule has 0 spiro atoms. The topological polar surface area (TPSA) is 18.5 Å². The Balaban J connectivity index is 1.73. The highest BCUT2D eigenvalue weighted by Crippen LogP contribution is 2.45. The molecular formula is C25H34O2. The zero-order valence-corrected chi connectivity index (χ0v) is 17.1. The van der Waals surface area contributed by atoms with Crippen molar-refractivity contribution >= 4 is 0 Å². The Bertz CT molecular complexity index is 720. The minimum Gasteiger partial charge on any atom is -0.490 e. The SMILES string of the molecule is CCCCCCOc1ccc2c(c1OCCCCCC)Cc1ccccc1-2. The van der Waals surface area contributed by atoms with E-state index >= 15 is 0 Å². The number of fused-ring (bicyclic) bond motifs is 3. The van der Waals surface area contributed by atoms with Gasteiger partial charge < -0.3 is 9.47 Å². The van der Waals surface area contributed by atoms with Crippen molar-refractivity contribution in [2.45, 2.75) is 71.6 Å². The Morgan fingerprint density at radius 2 is 1.41 bits per heavy atom. The van der Waals surface area contributed by atoms with E-state index in [2.05, 4.69) is 50.2 Å². The Morgan fingerprint density at radius 1 is 0.704 bits per heavy atom. The maximum atomic E-state index is 6.31. The minimum absolute atomic E-state index is 0.776. The first-order chi connectivity index (χ1) is 13.3. The van der Waals surface area contributed by atoms with Gasteiger partial charge in [-0.25, -0.2) is 0 Å². The molecule has 0 heterocycles. The lowest BCUT2D eigenvalue weighted by atomic mass is 10.0. The van der Waals surface area contributed by atoms with E-state index in [9.17, 15) is 0 Å². The number of rotatable bonds is 12. The second-order valence-electron chi connectivity index (χ2n) is 7.57. The molecule has 146 valence electrons. The van der Waals surface area contributed by atoms with Crippen molar-refractivity contribution in [3.8, 4) is 22.6 Å². The Labute approximate surface area is 164 Å². The summed E-state index contributed by atoms with van der Waals surface area (Å²) < 4.78 is 12.5. The molecule has 2 heteroatoms. The van der Waals surface area contributed by atoms with Gasteiger partial charge in [-0.1, -0.05) is 82.7 Å². The highest BCUT2D eigenvalue weighted by molar-refractivity contribution is 5.80. The third kappa shape index (κ3) is 5.06. The highest BCUT2D eigenvalue weighted by Gasteiger charge is 2.24. The first kappa shape index (κ1) is 19.8. The van der Waals surface area contributed by atoms with Crippen LogP contribution in [-0.2, 0) is 6.42 Å². The Hall–Kier alpha value is -1.96. The predicted octanol–water partition coefficient (Wildman–Crippen LogP) is 7.18. The molecule has 27 heavy (non-hydrogen) atoms. The molecule has 0 atom stereocenters. The van der Waals surface area contributed by atoms with Crippen LogP contribution in [0.5, 0.6) is 11.5 Å². The van der Waals surface area contributed by atoms with E-state index in [0.717, 1.165) is 44.0 Å².